The molecule has 2 heterocycles. The first-order valence-electron chi connectivity index (χ1n) is 7.52. The van der Waals surface area contributed by atoms with Crippen LogP contribution in [0.2, 0.25) is 0 Å². The van der Waals surface area contributed by atoms with E-state index < -0.39 is 6.10 Å². The lowest BCUT2D eigenvalue weighted by molar-refractivity contribution is 0.0603. The molecular weight excluding hydrogens is 250 g/mol. The Morgan fingerprint density at radius 1 is 1.30 bits per heavy atom. The molecule has 108 valence electrons. The van der Waals surface area contributed by atoms with Gasteiger partial charge in [0.05, 0.1) is 0 Å². The third-order valence-electron chi connectivity index (χ3n) is 4.62. The molecule has 3 heteroatoms. The highest BCUT2D eigenvalue weighted by Gasteiger charge is 2.25. The lowest BCUT2D eigenvalue weighted by Gasteiger charge is -2.35. The normalized spacial score (nSPS) is 25.9. The Bertz CT molecular complexity index is 544. The number of benzene rings is 1. The van der Waals surface area contributed by atoms with E-state index >= 15 is 0 Å². The zero-order chi connectivity index (χ0) is 14.1. The van der Waals surface area contributed by atoms with Gasteiger partial charge in [-0.2, -0.15) is 0 Å². The molecule has 3 unspecified atom stereocenters. The molecule has 2 aromatic rings. The molecule has 20 heavy (non-hydrogen) atoms. The van der Waals surface area contributed by atoms with E-state index in [0.717, 1.165) is 30.0 Å². The van der Waals surface area contributed by atoms with Gasteiger partial charge in [-0.05, 0) is 36.9 Å². The summed E-state index contributed by atoms with van der Waals surface area (Å²) < 4.78 is 5.74. The van der Waals surface area contributed by atoms with Gasteiger partial charge in [0.25, 0.3) is 0 Å². The Labute approximate surface area is 120 Å². The van der Waals surface area contributed by atoms with Crippen LogP contribution >= 0.6 is 0 Å². The number of rotatable bonds is 3. The molecule has 0 spiro atoms. The molecule has 1 aromatic heterocycles. The number of likely N-dealkylation sites (tertiary alicyclic amines) is 1. The van der Waals surface area contributed by atoms with E-state index in [9.17, 15) is 5.11 Å². The van der Waals surface area contributed by atoms with Crippen LogP contribution < -0.4 is 0 Å². The number of nitrogens with zero attached hydrogens (tertiary/aromatic N) is 1. The van der Waals surface area contributed by atoms with Gasteiger partial charge in [0.2, 0.25) is 0 Å². The van der Waals surface area contributed by atoms with Crippen molar-refractivity contribution in [3.05, 3.63) is 36.1 Å². The molecular formula is C17H23NO2. The molecule has 0 bridgehead atoms. The van der Waals surface area contributed by atoms with E-state index in [1.165, 1.54) is 6.42 Å². The Balaban J connectivity index is 1.68. The van der Waals surface area contributed by atoms with Gasteiger partial charge < -0.3 is 14.4 Å². The maximum atomic E-state index is 10.4. The summed E-state index contributed by atoms with van der Waals surface area (Å²) >= 11 is 0. The summed E-state index contributed by atoms with van der Waals surface area (Å²) in [5.41, 5.74) is 0.849. The minimum absolute atomic E-state index is 0.539. The first-order chi connectivity index (χ1) is 9.63. The highest BCUT2D eigenvalue weighted by atomic mass is 16.4. The quantitative estimate of drug-likeness (QED) is 0.930. The van der Waals surface area contributed by atoms with Crippen molar-refractivity contribution < 1.29 is 9.52 Å². The third-order valence-corrected chi connectivity index (χ3v) is 4.62. The van der Waals surface area contributed by atoms with Crippen molar-refractivity contribution in [2.24, 2.45) is 11.8 Å². The summed E-state index contributed by atoms with van der Waals surface area (Å²) in [6.45, 7) is 7.42. The molecule has 0 saturated carbocycles. The van der Waals surface area contributed by atoms with Crippen LogP contribution in [0, 0.1) is 11.8 Å². The van der Waals surface area contributed by atoms with Gasteiger partial charge in [0.1, 0.15) is 17.4 Å². The fourth-order valence-electron chi connectivity index (χ4n) is 3.02. The molecule has 1 aliphatic rings. The predicted octanol–water partition coefficient (Wildman–Crippen LogP) is 3.44. The number of aliphatic hydroxyl groups is 1. The number of piperidine rings is 1. The lowest BCUT2D eigenvalue weighted by Crippen LogP contribution is -2.40. The Morgan fingerprint density at radius 2 is 2.10 bits per heavy atom. The van der Waals surface area contributed by atoms with E-state index in [2.05, 4.69) is 18.7 Å². The van der Waals surface area contributed by atoms with Crippen LogP contribution in [-0.2, 0) is 0 Å². The number of fused-ring (bicyclic) bond motifs is 1. The number of furan rings is 1. The number of hydrogen-bond acceptors (Lipinski definition) is 3. The topological polar surface area (TPSA) is 36.6 Å². The van der Waals surface area contributed by atoms with Gasteiger partial charge in [0.15, 0.2) is 0 Å². The molecule has 3 nitrogen and oxygen atoms in total. The van der Waals surface area contributed by atoms with Crippen molar-refractivity contribution in [2.75, 3.05) is 19.6 Å². The summed E-state index contributed by atoms with van der Waals surface area (Å²) in [7, 11) is 0. The van der Waals surface area contributed by atoms with E-state index in [1.54, 1.807) is 0 Å². The van der Waals surface area contributed by atoms with Gasteiger partial charge in [-0.15, -0.1) is 0 Å². The molecule has 3 rings (SSSR count). The molecule has 1 saturated heterocycles. The average molecular weight is 273 g/mol. The molecule has 1 fully saturated rings. The second kappa shape index (κ2) is 5.58. The van der Waals surface area contributed by atoms with Crippen molar-refractivity contribution in [1.82, 2.24) is 4.90 Å². The molecule has 3 atom stereocenters. The van der Waals surface area contributed by atoms with E-state index in [-0.39, 0.29) is 0 Å². The molecule has 0 radical (unpaired) electrons. The highest BCUT2D eigenvalue weighted by Crippen LogP contribution is 2.27. The fourth-order valence-corrected chi connectivity index (χ4v) is 3.02. The monoisotopic (exact) mass is 273 g/mol. The number of aliphatic hydroxyl groups excluding tert-OH is 1. The highest BCUT2D eigenvalue weighted by molar-refractivity contribution is 5.77. The standard InChI is InChI=1S/C17H23NO2/c1-12-7-8-18(10-13(12)2)11-15(19)17-9-14-5-3-4-6-16(14)20-17/h3-6,9,12-13,15,19H,7-8,10-11H2,1-2H3. The summed E-state index contributed by atoms with van der Waals surface area (Å²) in [5, 5.41) is 11.4. The lowest BCUT2D eigenvalue weighted by atomic mass is 9.88. The molecule has 0 aliphatic carbocycles. The van der Waals surface area contributed by atoms with Gasteiger partial charge >= 0.3 is 0 Å². The van der Waals surface area contributed by atoms with Crippen molar-refractivity contribution >= 4 is 11.0 Å². The van der Waals surface area contributed by atoms with Crippen molar-refractivity contribution in [2.45, 2.75) is 26.4 Å². The Kier molecular flexibility index (Phi) is 3.81. The van der Waals surface area contributed by atoms with Crippen molar-refractivity contribution in [1.29, 1.82) is 0 Å². The number of β-amino-alcohol motifs (C(OH)–C–C–N with tert-alkyl or cyclic N) is 1. The second-order valence-electron chi connectivity index (χ2n) is 6.21. The minimum Gasteiger partial charge on any atom is -0.458 e. The van der Waals surface area contributed by atoms with Crippen LogP contribution in [0.1, 0.15) is 32.1 Å². The van der Waals surface area contributed by atoms with Crippen LogP contribution in [0.3, 0.4) is 0 Å². The first-order valence-corrected chi connectivity index (χ1v) is 7.52. The molecule has 1 aliphatic heterocycles. The average Bonchev–Trinajstić information content (AvgIpc) is 2.87. The van der Waals surface area contributed by atoms with Crippen molar-refractivity contribution in [3.63, 3.8) is 0 Å². The largest absolute Gasteiger partial charge is 0.458 e. The maximum absolute atomic E-state index is 10.4. The number of para-hydroxylation sites is 1. The summed E-state index contributed by atoms with van der Waals surface area (Å²) in [4.78, 5) is 2.35. The Morgan fingerprint density at radius 3 is 2.85 bits per heavy atom. The van der Waals surface area contributed by atoms with Gasteiger partial charge in [-0.3, -0.25) is 0 Å². The molecule has 1 aromatic carbocycles. The fraction of sp³-hybridized carbons (Fsp3) is 0.529. The smallest absolute Gasteiger partial charge is 0.135 e. The van der Waals surface area contributed by atoms with Crippen LogP contribution in [0.5, 0.6) is 0 Å². The Hall–Kier alpha value is -1.32. The summed E-state index contributed by atoms with van der Waals surface area (Å²) in [6, 6.07) is 9.85. The van der Waals surface area contributed by atoms with Crippen LogP contribution in [0.25, 0.3) is 11.0 Å². The van der Waals surface area contributed by atoms with Crippen LogP contribution in [0.4, 0.5) is 0 Å². The SMILES string of the molecule is CC1CCN(CC(O)c2cc3ccccc3o2)CC1C. The zero-order valence-corrected chi connectivity index (χ0v) is 12.2. The molecule has 0 amide bonds. The van der Waals surface area contributed by atoms with Gasteiger partial charge in [-0.25, -0.2) is 0 Å². The summed E-state index contributed by atoms with van der Waals surface area (Å²) in [6.07, 6.45) is 0.677. The first kappa shape index (κ1) is 13.7. The second-order valence-corrected chi connectivity index (χ2v) is 6.21. The van der Waals surface area contributed by atoms with Crippen LogP contribution in [-0.4, -0.2) is 29.6 Å². The van der Waals surface area contributed by atoms with Crippen LogP contribution in [0.15, 0.2) is 34.7 Å². The number of hydrogen-bond donors (Lipinski definition) is 1. The third kappa shape index (κ3) is 2.74. The summed E-state index contributed by atoms with van der Waals surface area (Å²) in [5.74, 6) is 2.17. The minimum atomic E-state index is -0.539. The predicted molar refractivity (Wildman–Crippen MR) is 80.6 cm³/mol. The zero-order valence-electron chi connectivity index (χ0n) is 12.2. The van der Waals surface area contributed by atoms with Crippen molar-refractivity contribution in [3.8, 4) is 0 Å². The maximum Gasteiger partial charge on any atom is 0.135 e. The van der Waals surface area contributed by atoms with E-state index in [1.807, 2.05) is 30.3 Å². The van der Waals surface area contributed by atoms with E-state index in [0.29, 0.717) is 18.2 Å². The van der Waals surface area contributed by atoms with Gasteiger partial charge in [0, 0.05) is 18.5 Å². The molecule has 1 N–H and O–H groups in total. The van der Waals surface area contributed by atoms with E-state index in [4.69, 9.17) is 4.42 Å². The van der Waals surface area contributed by atoms with Gasteiger partial charge in [-0.1, -0.05) is 32.0 Å².